The van der Waals surface area contributed by atoms with E-state index in [2.05, 4.69) is 44.3 Å². The van der Waals surface area contributed by atoms with Crippen molar-refractivity contribution in [2.45, 2.75) is 20.8 Å². The van der Waals surface area contributed by atoms with Crippen LogP contribution < -0.4 is 14.9 Å². The van der Waals surface area contributed by atoms with Crippen LogP contribution in [0.25, 0.3) is 11.3 Å². The highest BCUT2D eigenvalue weighted by Crippen LogP contribution is 2.33. The number of carbonyl (C=O) groups is 1. The molecule has 1 aromatic heterocycles. The third-order valence-corrected chi connectivity index (χ3v) is 6.41. The Bertz CT molecular complexity index is 1480. The minimum Gasteiger partial charge on any atom is -0.482 e. The number of fused-ring (bicyclic) bond motifs is 1. The number of hydrogen-bond donors (Lipinski definition) is 1. The number of carbonyl (C=O) groups excluding carboxylic acids is 1. The largest absolute Gasteiger partial charge is 0.482 e. The van der Waals surface area contributed by atoms with Gasteiger partial charge in [0.25, 0.3) is 5.91 Å². The van der Waals surface area contributed by atoms with E-state index in [-0.39, 0.29) is 12.5 Å². The van der Waals surface area contributed by atoms with Crippen LogP contribution in [0, 0.1) is 20.8 Å². The number of amides is 1. The fourth-order valence-corrected chi connectivity index (χ4v) is 4.61. The molecule has 0 atom stereocenters. The minimum atomic E-state index is -0.161. The monoisotopic (exact) mass is 468 g/mol. The maximum atomic E-state index is 11.8. The van der Waals surface area contributed by atoms with E-state index in [0.29, 0.717) is 11.4 Å². The van der Waals surface area contributed by atoms with Crippen LogP contribution in [-0.4, -0.2) is 23.4 Å². The number of thiazole rings is 1. The number of ether oxygens (including phenoxy) is 1. The highest BCUT2D eigenvalue weighted by Gasteiger charge is 2.18. The van der Waals surface area contributed by atoms with E-state index in [1.54, 1.807) is 0 Å². The summed E-state index contributed by atoms with van der Waals surface area (Å²) in [5.74, 6) is 0.499. The normalized spacial score (nSPS) is 13.6. The minimum absolute atomic E-state index is 0.0323. The molecule has 4 aromatic rings. The number of anilines is 1. The molecule has 2 heterocycles. The Morgan fingerprint density at radius 3 is 2.59 bits per heavy atom. The summed E-state index contributed by atoms with van der Waals surface area (Å²) < 4.78 is 7.36. The van der Waals surface area contributed by atoms with Crippen molar-refractivity contribution in [3.63, 3.8) is 0 Å². The summed E-state index contributed by atoms with van der Waals surface area (Å²) in [4.78, 5) is 17.4. The summed E-state index contributed by atoms with van der Waals surface area (Å²) in [6, 6.07) is 20.1. The van der Waals surface area contributed by atoms with E-state index in [1.165, 1.54) is 22.5 Å². The van der Waals surface area contributed by atoms with Gasteiger partial charge in [0.1, 0.15) is 5.75 Å². The second-order valence-electron chi connectivity index (χ2n) is 8.32. The average molecular weight is 469 g/mol. The van der Waals surface area contributed by atoms with Crippen molar-refractivity contribution in [1.29, 1.82) is 0 Å². The topological polar surface area (TPSA) is 68.0 Å². The first-order valence-electron chi connectivity index (χ1n) is 11.0. The first-order valence-corrected chi connectivity index (χ1v) is 11.8. The molecule has 170 valence electrons. The van der Waals surface area contributed by atoms with E-state index < -0.39 is 0 Å². The van der Waals surface area contributed by atoms with Crippen molar-refractivity contribution in [1.82, 2.24) is 4.68 Å². The Hall–Kier alpha value is -3.97. The number of aromatic nitrogens is 1. The van der Waals surface area contributed by atoms with Gasteiger partial charge in [-0.15, -0.1) is 11.3 Å². The molecule has 5 rings (SSSR count). The zero-order valence-corrected chi connectivity index (χ0v) is 20.0. The van der Waals surface area contributed by atoms with Crippen LogP contribution in [0.5, 0.6) is 5.75 Å². The van der Waals surface area contributed by atoms with Gasteiger partial charge in [0, 0.05) is 10.9 Å². The maximum Gasteiger partial charge on any atom is 0.262 e. The third kappa shape index (κ3) is 4.56. The lowest BCUT2D eigenvalue weighted by molar-refractivity contribution is -0.118. The molecular weight excluding hydrogens is 444 g/mol. The number of aryl methyl sites for hydroxylation is 3. The first kappa shape index (κ1) is 21.9. The van der Waals surface area contributed by atoms with Gasteiger partial charge in [-0.3, -0.25) is 4.79 Å². The first-order chi connectivity index (χ1) is 16.5. The fourth-order valence-electron chi connectivity index (χ4n) is 3.75. The van der Waals surface area contributed by atoms with Crippen molar-refractivity contribution in [2.24, 2.45) is 10.1 Å². The lowest BCUT2D eigenvalue weighted by atomic mass is 10.1. The van der Waals surface area contributed by atoms with Gasteiger partial charge in [0.15, 0.2) is 6.61 Å². The summed E-state index contributed by atoms with van der Waals surface area (Å²) in [6.07, 6.45) is 1.86. The molecule has 1 aliphatic rings. The number of hydrogen-bond acceptors (Lipinski definition) is 5. The van der Waals surface area contributed by atoms with E-state index >= 15 is 0 Å². The zero-order valence-electron chi connectivity index (χ0n) is 19.2. The number of benzene rings is 3. The maximum absolute atomic E-state index is 11.8. The third-order valence-electron chi connectivity index (χ3n) is 5.59. The molecule has 0 fully saturated rings. The average Bonchev–Trinajstić information content (AvgIpc) is 3.21. The summed E-state index contributed by atoms with van der Waals surface area (Å²) in [5.41, 5.74) is 7.90. The van der Waals surface area contributed by atoms with E-state index in [0.717, 1.165) is 32.9 Å². The van der Waals surface area contributed by atoms with Crippen LogP contribution in [0.2, 0.25) is 0 Å². The van der Waals surface area contributed by atoms with Crippen molar-refractivity contribution >= 4 is 34.8 Å². The molecule has 0 spiro atoms. The van der Waals surface area contributed by atoms with E-state index in [4.69, 9.17) is 14.8 Å². The molecule has 0 radical (unpaired) electrons. The summed E-state index contributed by atoms with van der Waals surface area (Å²) in [6.45, 7) is 6.25. The fraction of sp³-hybridized carbons (Fsp3) is 0.148. The van der Waals surface area contributed by atoms with Crippen LogP contribution >= 0.6 is 11.3 Å². The molecule has 0 saturated heterocycles. The molecule has 34 heavy (non-hydrogen) atoms. The summed E-state index contributed by atoms with van der Waals surface area (Å²) in [7, 11) is 0. The molecule has 3 aromatic carbocycles. The van der Waals surface area contributed by atoms with Crippen molar-refractivity contribution in [3.05, 3.63) is 93.1 Å². The van der Waals surface area contributed by atoms with Gasteiger partial charge in [-0.2, -0.15) is 5.10 Å². The molecule has 0 unspecified atom stereocenters. The Morgan fingerprint density at radius 2 is 1.79 bits per heavy atom. The van der Waals surface area contributed by atoms with Crippen LogP contribution in [0.3, 0.4) is 0 Å². The lowest BCUT2D eigenvalue weighted by Crippen LogP contribution is -2.25. The van der Waals surface area contributed by atoms with Crippen molar-refractivity contribution < 1.29 is 9.53 Å². The highest BCUT2D eigenvalue weighted by atomic mass is 32.1. The molecule has 7 heteroatoms. The van der Waals surface area contributed by atoms with Gasteiger partial charge in [-0.05, 0) is 62.2 Å². The second kappa shape index (κ2) is 9.11. The molecule has 1 N–H and O–H groups in total. The Balaban J connectivity index is 1.63. The molecule has 6 nitrogen and oxygen atoms in total. The highest BCUT2D eigenvalue weighted by molar-refractivity contribution is 7.07. The molecule has 0 aliphatic carbocycles. The molecule has 0 bridgehead atoms. The van der Waals surface area contributed by atoms with Gasteiger partial charge in [-0.25, -0.2) is 9.67 Å². The number of rotatable bonds is 4. The van der Waals surface area contributed by atoms with Gasteiger partial charge in [-0.1, -0.05) is 41.5 Å². The SMILES string of the molecule is Cc1ccc(N=c2scc(-c3ccc4c(c3)NC(=O)CO4)n2N=Cc2ccc(C)cc2C)cc1. The quantitative estimate of drug-likeness (QED) is 0.397. The van der Waals surface area contributed by atoms with Crippen LogP contribution in [0.4, 0.5) is 11.4 Å². The predicted molar refractivity (Wildman–Crippen MR) is 137 cm³/mol. The number of nitrogens with one attached hydrogen (secondary N) is 1. The molecular formula is C27H24N4O2S. The lowest BCUT2D eigenvalue weighted by Gasteiger charge is -2.18. The van der Waals surface area contributed by atoms with Gasteiger partial charge in [0.05, 0.1) is 23.3 Å². The molecule has 0 saturated carbocycles. The Kier molecular flexibility index (Phi) is 5.86. The molecule has 1 aliphatic heterocycles. The Morgan fingerprint density at radius 1 is 1.00 bits per heavy atom. The van der Waals surface area contributed by atoms with Gasteiger partial charge in [0.2, 0.25) is 4.80 Å². The van der Waals surface area contributed by atoms with Crippen molar-refractivity contribution in [2.75, 3.05) is 11.9 Å². The van der Waals surface area contributed by atoms with Crippen LogP contribution in [0.1, 0.15) is 22.3 Å². The van der Waals surface area contributed by atoms with Crippen LogP contribution in [0.15, 0.2) is 76.1 Å². The molecule has 1 amide bonds. The zero-order chi connectivity index (χ0) is 23.7. The second-order valence-corrected chi connectivity index (χ2v) is 9.15. The van der Waals surface area contributed by atoms with Crippen molar-refractivity contribution in [3.8, 4) is 17.0 Å². The summed E-state index contributed by atoms with van der Waals surface area (Å²) in [5, 5.41) is 9.74. The smallest absolute Gasteiger partial charge is 0.262 e. The summed E-state index contributed by atoms with van der Waals surface area (Å²) >= 11 is 1.51. The number of nitrogens with zero attached hydrogens (tertiary/aromatic N) is 3. The predicted octanol–water partition coefficient (Wildman–Crippen LogP) is 5.59. The van der Waals surface area contributed by atoms with E-state index in [9.17, 15) is 4.79 Å². The standard InChI is InChI=1S/C27H24N4O2S/c1-17-5-9-22(10-6-17)29-27-31(28-14-21-7-4-18(2)12-19(21)3)24(16-34-27)20-8-11-25-23(13-20)30-26(32)15-33-25/h4-14,16H,15H2,1-3H3,(H,30,32). The van der Waals surface area contributed by atoms with Crippen LogP contribution in [-0.2, 0) is 4.79 Å². The van der Waals surface area contributed by atoms with Gasteiger partial charge >= 0.3 is 0 Å². The van der Waals surface area contributed by atoms with E-state index in [1.807, 2.05) is 58.7 Å². The van der Waals surface area contributed by atoms with Gasteiger partial charge < -0.3 is 10.1 Å². The Labute approximate surface area is 201 Å².